The van der Waals surface area contributed by atoms with E-state index in [0.717, 1.165) is 4.57 Å². The molecular formula is C22H16Cl2N4O3. The van der Waals surface area contributed by atoms with Gasteiger partial charge in [0.05, 0.1) is 23.6 Å². The standard InChI is InChI=1S/C22H16Cl2N4O3/c1-2-11-27-21(30)19-20(28(22(27)31)17-6-4-3-5-16(17)24)25-13-26(19)12-18(29)14-7-9-15(23)10-8-14/h2-10,13H,1,11-12H2. The Balaban J connectivity index is 1.94. The molecule has 2 heterocycles. The van der Waals surface area contributed by atoms with E-state index in [9.17, 15) is 14.4 Å². The van der Waals surface area contributed by atoms with Crippen LogP contribution in [0, 0.1) is 0 Å². The summed E-state index contributed by atoms with van der Waals surface area (Å²) in [6.07, 6.45) is 2.82. The molecule has 0 atom stereocenters. The number of fused-ring (bicyclic) bond motifs is 1. The maximum absolute atomic E-state index is 13.1. The quantitative estimate of drug-likeness (QED) is 0.328. The van der Waals surface area contributed by atoms with E-state index in [-0.39, 0.29) is 30.0 Å². The third-order valence-electron chi connectivity index (χ3n) is 4.79. The number of ketones is 1. The summed E-state index contributed by atoms with van der Waals surface area (Å²) in [5.41, 5.74) is -0.108. The molecule has 7 nitrogen and oxygen atoms in total. The van der Waals surface area contributed by atoms with Crippen molar-refractivity contribution in [1.82, 2.24) is 18.7 Å². The second-order valence-electron chi connectivity index (χ2n) is 6.75. The van der Waals surface area contributed by atoms with Crippen molar-refractivity contribution in [1.29, 1.82) is 0 Å². The average Bonchev–Trinajstić information content (AvgIpc) is 3.16. The van der Waals surface area contributed by atoms with Gasteiger partial charge in [0, 0.05) is 17.1 Å². The van der Waals surface area contributed by atoms with Crippen LogP contribution < -0.4 is 11.2 Å². The summed E-state index contributed by atoms with van der Waals surface area (Å²) < 4.78 is 3.73. The Hall–Kier alpha value is -3.42. The van der Waals surface area contributed by atoms with Gasteiger partial charge >= 0.3 is 5.69 Å². The summed E-state index contributed by atoms with van der Waals surface area (Å²) in [6.45, 7) is 3.48. The molecule has 2 aromatic carbocycles. The molecule has 0 saturated heterocycles. The van der Waals surface area contributed by atoms with Crippen molar-refractivity contribution in [2.45, 2.75) is 13.1 Å². The molecule has 0 aliphatic heterocycles. The lowest BCUT2D eigenvalue weighted by atomic mass is 10.1. The van der Waals surface area contributed by atoms with Gasteiger partial charge in [-0.25, -0.2) is 14.3 Å². The van der Waals surface area contributed by atoms with E-state index in [1.165, 1.54) is 21.5 Å². The van der Waals surface area contributed by atoms with Crippen molar-refractivity contribution in [2.75, 3.05) is 0 Å². The first-order valence-electron chi connectivity index (χ1n) is 9.27. The van der Waals surface area contributed by atoms with E-state index in [2.05, 4.69) is 11.6 Å². The SMILES string of the molecule is C=CCn1c(=O)c2c(ncn2CC(=O)c2ccc(Cl)cc2)n(-c2ccccc2Cl)c1=O. The Labute approximate surface area is 186 Å². The highest BCUT2D eigenvalue weighted by molar-refractivity contribution is 6.32. The summed E-state index contributed by atoms with van der Waals surface area (Å²) >= 11 is 12.2. The lowest BCUT2D eigenvalue weighted by Crippen LogP contribution is -2.40. The van der Waals surface area contributed by atoms with Crippen LogP contribution in [0.5, 0.6) is 0 Å². The molecule has 0 radical (unpaired) electrons. The second-order valence-corrected chi connectivity index (χ2v) is 7.59. The first-order chi connectivity index (χ1) is 14.9. The van der Waals surface area contributed by atoms with E-state index >= 15 is 0 Å². The van der Waals surface area contributed by atoms with Crippen LogP contribution in [-0.2, 0) is 13.1 Å². The van der Waals surface area contributed by atoms with Gasteiger partial charge in [-0.1, -0.05) is 41.4 Å². The van der Waals surface area contributed by atoms with Gasteiger partial charge in [-0.2, -0.15) is 0 Å². The van der Waals surface area contributed by atoms with Crippen LogP contribution in [0.25, 0.3) is 16.9 Å². The normalized spacial score (nSPS) is 11.0. The Kier molecular flexibility index (Phi) is 5.63. The highest BCUT2D eigenvalue weighted by Crippen LogP contribution is 2.21. The van der Waals surface area contributed by atoms with Crippen LogP contribution in [0.15, 0.2) is 77.1 Å². The maximum Gasteiger partial charge on any atom is 0.337 e. The summed E-state index contributed by atoms with van der Waals surface area (Å²) in [6, 6.07) is 13.2. The number of allylic oxidation sites excluding steroid dienone is 1. The lowest BCUT2D eigenvalue weighted by molar-refractivity contribution is 0.0973. The number of hydrogen-bond donors (Lipinski definition) is 0. The largest absolute Gasteiger partial charge is 0.337 e. The number of para-hydroxylation sites is 1. The van der Waals surface area contributed by atoms with E-state index in [0.29, 0.717) is 21.3 Å². The molecule has 31 heavy (non-hydrogen) atoms. The third kappa shape index (κ3) is 3.73. The molecule has 2 aromatic heterocycles. The van der Waals surface area contributed by atoms with Gasteiger partial charge in [-0.3, -0.25) is 14.2 Å². The fourth-order valence-corrected chi connectivity index (χ4v) is 3.67. The Morgan fingerprint density at radius 2 is 1.77 bits per heavy atom. The number of Topliss-reactive ketones (excluding diaryl/α,β-unsaturated/α-hetero) is 1. The van der Waals surface area contributed by atoms with Gasteiger partial charge < -0.3 is 4.57 Å². The van der Waals surface area contributed by atoms with Crippen LogP contribution in [0.2, 0.25) is 10.0 Å². The van der Waals surface area contributed by atoms with Gasteiger partial charge in [0.15, 0.2) is 16.9 Å². The average molecular weight is 455 g/mol. The van der Waals surface area contributed by atoms with Crippen molar-refractivity contribution in [3.8, 4) is 5.69 Å². The van der Waals surface area contributed by atoms with Gasteiger partial charge in [0.1, 0.15) is 0 Å². The number of carbonyl (C=O) groups excluding carboxylic acids is 1. The van der Waals surface area contributed by atoms with Gasteiger partial charge in [-0.05, 0) is 36.4 Å². The monoisotopic (exact) mass is 454 g/mol. The smallest absolute Gasteiger partial charge is 0.317 e. The molecule has 0 saturated carbocycles. The number of halogens is 2. The van der Waals surface area contributed by atoms with Gasteiger partial charge in [0.2, 0.25) is 0 Å². The van der Waals surface area contributed by atoms with Crippen LogP contribution in [0.3, 0.4) is 0 Å². The predicted octanol–water partition coefficient (Wildman–Crippen LogP) is 3.72. The van der Waals surface area contributed by atoms with Crippen molar-refractivity contribution in [3.05, 3.63) is 104 Å². The van der Waals surface area contributed by atoms with E-state index in [1.807, 2.05) is 0 Å². The number of rotatable bonds is 6. The number of nitrogens with zero attached hydrogens (tertiary/aromatic N) is 4. The molecule has 0 N–H and O–H groups in total. The second kappa shape index (κ2) is 8.37. The minimum Gasteiger partial charge on any atom is -0.317 e. The topological polar surface area (TPSA) is 78.9 Å². The Morgan fingerprint density at radius 3 is 2.45 bits per heavy atom. The minimum absolute atomic E-state index is 0.00559. The highest BCUT2D eigenvalue weighted by atomic mass is 35.5. The van der Waals surface area contributed by atoms with E-state index < -0.39 is 11.2 Å². The van der Waals surface area contributed by atoms with Crippen LogP contribution in [0.4, 0.5) is 0 Å². The first kappa shape index (κ1) is 20.8. The van der Waals surface area contributed by atoms with E-state index in [1.54, 1.807) is 48.5 Å². The lowest BCUT2D eigenvalue weighted by Gasteiger charge is -2.12. The summed E-state index contributed by atoms with van der Waals surface area (Å²) in [4.78, 5) is 43.3. The molecule has 0 aliphatic rings. The number of imidazole rings is 1. The molecule has 0 fully saturated rings. The zero-order valence-electron chi connectivity index (χ0n) is 16.2. The van der Waals surface area contributed by atoms with Crippen LogP contribution in [-0.4, -0.2) is 24.5 Å². The summed E-state index contributed by atoms with van der Waals surface area (Å²) in [5, 5.41) is 0.835. The highest BCUT2D eigenvalue weighted by Gasteiger charge is 2.21. The van der Waals surface area contributed by atoms with E-state index in [4.69, 9.17) is 23.2 Å². The van der Waals surface area contributed by atoms with Crippen molar-refractivity contribution < 1.29 is 4.79 Å². The molecule has 0 spiro atoms. The van der Waals surface area contributed by atoms with Crippen molar-refractivity contribution in [3.63, 3.8) is 0 Å². The summed E-state index contributed by atoms with van der Waals surface area (Å²) in [5.74, 6) is -0.235. The molecule has 0 aliphatic carbocycles. The number of carbonyl (C=O) groups is 1. The molecule has 0 unspecified atom stereocenters. The predicted molar refractivity (Wildman–Crippen MR) is 121 cm³/mol. The number of hydrogen-bond acceptors (Lipinski definition) is 4. The van der Waals surface area contributed by atoms with Gasteiger partial charge in [-0.15, -0.1) is 6.58 Å². The number of benzene rings is 2. The molecule has 4 rings (SSSR count). The minimum atomic E-state index is -0.597. The molecular weight excluding hydrogens is 439 g/mol. The zero-order valence-corrected chi connectivity index (χ0v) is 17.7. The first-order valence-corrected chi connectivity index (χ1v) is 10.0. The molecule has 9 heteroatoms. The maximum atomic E-state index is 13.1. The summed E-state index contributed by atoms with van der Waals surface area (Å²) in [7, 11) is 0. The fourth-order valence-electron chi connectivity index (χ4n) is 3.32. The Bertz CT molecular complexity index is 1430. The molecule has 0 amide bonds. The fraction of sp³-hybridized carbons (Fsp3) is 0.0909. The molecule has 0 bridgehead atoms. The Morgan fingerprint density at radius 1 is 1.06 bits per heavy atom. The van der Waals surface area contributed by atoms with Crippen LogP contribution >= 0.6 is 23.2 Å². The van der Waals surface area contributed by atoms with Crippen LogP contribution in [0.1, 0.15) is 10.4 Å². The number of aromatic nitrogens is 4. The molecule has 4 aromatic rings. The third-order valence-corrected chi connectivity index (χ3v) is 5.36. The van der Waals surface area contributed by atoms with Crippen molar-refractivity contribution >= 4 is 40.1 Å². The van der Waals surface area contributed by atoms with Gasteiger partial charge in [0.25, 0.3) is 5.56 Å². The zero-order chi connectivity index (χ0) is 22.1. The molecule has 156 valence electrons. The van der Waals surface area contributed by atoms with Crippen molar-refractivity contribution in [2.24, 2.45) is 0 Å².